The number of halogens is 4. The molecule has 230 valence electrons. The number of benzene rings is 4. The lowest BCUT2D eigenvalue weighted by molar-refractivity contribution is -0.385. The van der Waals surface area contributed by atoms with Gasteiger partial charge in [-0.3, -0.25) is 24.5 Å². The van der Waals surface area contributed by atoms with Crippen LogP contribution in [0.4, 0.5) is 30.2 Å². The number of carbonyl (C=O) groups excluding carboxylic acids is 3. The predicted octanol–water partition coefficient (Wildman–Crippen LogP) is 7.41. The van der Waals surface area contributed by atoms with E-state index in [0.29, 0.717) is 4.90 Å². The largest absolute Gasteiger partial charge is 0.416 e. The molecule has 0 saturated carbocycles. The Hall–Kier alpha value is -5.14. The van der Waals surface area contributed by atoms with Crippen molar-refractivity contribution >= 4 is 64.2 Å². The van der Waals surface area contributed by atoms with Gasteiger partial charge in [-0.25, -0.2) is 0 Å². The van der Waals surface area contributed by atoms with Gasteiger partial charge in [0.2, 0.25) is 5.91 Å². The Bertz CT molecular complexity index is 1780. The van der Waals surface area contributed by atoms with Gasteiger partial charge in [0.05, 0.1) is 32.5 Å². The Kier molecular flexibility index (Phi) is 10.6. The number of thioether (sulfide) groups is 1. The maximum absolute atomic E-state index is 13.3. The molecule has 0 unspecified atom stereocenters. The van der Waals surface area contributed by atoms with Gasteiger partial charge in [0.15, 0.2) is 0 Å². The highest BCUT2D eigenvalue weighted by molar-refractivity contribution is 8.00. The molecular formula is C31H22ClF3N4O5S. The van der Waals surface area contributed by atoms with Crippen LogP contribution in [-0.2, 0) is 15.8 Å². The number of nitrogens with one attached hydrogen (secondary N) is 3. The van der Waals surface area contributed by atoms with Gasteiger partial charge in [-0.1, -0.05) is 48.0 Å². The topological polar surface area (TPSA) is 130 Å². The number of nitro benzene ring substituents is 1. The van der Waals surface area contributed by atoms with Crippen molar-refractivity contribution in [3.8, 4) is 0 Å². The van der Waals surface area contributed by atoms with E-state index < -0.39 is 34.4 Å². The van der Waals surface area contributed by atoms with Crippen LogP contribution in [0.2, 0.25) is 5.02 Å². The molecule has 3 amide bonds. The summed E-state index contributed by atoms with van der Waals surface area (Å²) in [5, 5.41) is 19.0. The van der Waals surface area contributed by atoms with Crippen LogP contribution in [0.15, 0.2) is 108 Å². The molecule has 0 atom stereocenters. The van der Waals surface area contributed by atoms with Gasteiger partial charge in [-0.15, -0.1) is 11.8 Å². The van der Waals surface area contributed by atoms with Gasteiger partial charge >= 0.3 is 6.18 Å². The van der Waals surface area contributed by atoms with Gasteiger partial charge in [0.25, 0.3) is 17.5 Å². The molecule has 0 spiro atoms. The third-order valence-corrected chi connectivity index (χ3v) is 7.32. The molecule has 0 aromatic heterocycles. The van der Waals surface area contributed by atoms with E-state index in [1.807, 2.05) is 0 Å². The second-order valence-electron chi connectivity index (χ2n) is 9.21. The molecule has 4 aromatic carbocycles. The van der Waals surface area contributed by atoms with Crippen molar-refractivity contribution < 1.29 is 32.5 Å². The highest BCUT2D eigenvalue weighted by atomic mass is 35.5. The maximum atomic E-state index is 13.3. The van der Waals surface area contributed by atoms with Crippen molar-refractivity contribution in [2.45, 2.75) is 11.1 Å². The summed E-state index contributed by atoms with van der Waals surface area (Å²) in [4.78, 5) is 50.1. The van der Waals surface area contributed by atoms with Crippen molar-refractivity contribution in [1.29, 1.82) is 0 Å². The van der Waals surface area contributed by atoms with Crippen LogP contribution in [0.25, 0.3) is 6.08 Å². The summed E-state index contributed by atoms with van der Waals surface area (Å²) < 4.78 is 39.1. The lowest BCUT2D eigenvalue weighted by atomic mass is 10.1. The summed E-state index contributed by atoms with van der Waals surface area (Å²) >= 11 is 6.99. The molecule has 14 heteroatoms. The minimum Gasteiger partial charge on any atom is -0.324 e. The number of hydrogen-bond donors (Lipinski definition) is 3. The summed E-state index contributed by atoms with van der Waals surface area (Å²) in [5.41, 5.74) is -1.09. The predicted molar refractivity (Wildman–Crippen MR) is 166 cm³/mol. The average molecular weight is 655 g/mol. The van der Waals surface area contributed by atoms with Gasteiger partial charge in [-0.05, 0) is 60.7 Å². The molecule has 0 aliphatic rings. The zero-order chi connectivity index (χ0) is 32.6. The van der Waals surface area contributed by atoms with Crippen LogP contribution in [0.3, 0.4) is 0 Å². The minimum absolute atomic E-state index is 0.0601. The lowest BCUT2D eigenvalue weighted by Gasteiger charge is -2.13. The molecule has 4 rings (SSSR count). The van der Waals surface area contributed by atoms with E-state index in [9.17, 15) is 37.7 Å². The summed E-state index contributed by atoms with van der Waals surface area (Å²) in [6.45, 7) is 0. The average Bonchev–Trinajstić information content (AvgIpc) is 3.01. The quantitative estimate of drug-likeness (QED) is 0.0707. The number of rotatable bonds is 10. The van der Waals surface area contributed by atoms with Crippen molar-refractivity contribution in [2.24, 2.45) is 0 Å². The van der Waals surface area contributed by atoms with E-state index in [1.165, 1.54) is 42.5 Å². The Morgan fingerprint density at radius 3 is 2.31 bits per heavy atom. The first-order chi connectivity index (χ1) is 21.4. The molecule has 3 N–H and O–H groups in total. The fraction of sp³-hybridized carbons (Fsp3) is 0.0645. The van der Waals surface area contributed by atoms with E-state index >= 15 is 0 Å². The Morgan fingerprint density at radius 1 is 0.889 bits per heavy atom. The molecule has 0 aliphatic heterocycles. The highest BCUT2D eigenvalue weighted by Gasteiger charge is 2.31. The first kappa shape index (κ1) is 32.8. The number of nitro groups is 1. The highest BCUT2D eigenvalue weighted by Crippen LogP contribution is 2.34. The van der Waals surface area contributed by atoms with Gasteiger partial charge in [0, 0.05) is 22.2 Å². The zero-order valence-corrected chi connectivity index (χ0v) is 24.5. The normalized spacial score (nSPS) is 11.4. The van der Waals surface area contributed by atoms with Crippen molar-refractivity contribution in [3.63, 3.8) is 0 Å². The van der Waals surface area contributed by atoms with Crippen LogP contribution in [0.1, 0.15) is 21.5 Å². The minimum atomic E-state index is -4.61. The molecule has 4 aromatic rings. The Balaban J connectivity index is 1.49. The molecule has 0 aliphatic carbocycles. The molecule has 0 bridgehead atoms. The summed E-state index contributed by atoms with van der Waals surface area (Å²) in [7, 11) is 0. The van der Waals surface area contributed by atoms with Crippen molar-refractivity contribution in [1.82, 2.24) is 5.32 Å². The zero-order valence-electron chi connectivity index (χ0n) is 22.9. The molecule has 0 saturated heterocycles. The molecule has 0 fully saturated rings. The third-order valence-electron chi connectivity index (χ3n) is 5.99. The Labute approximate surface area is 263 Å². The summed E-state index contributed by atoms with van der Waals surface area (Å²) in [5.74, 6) is -2.21. The second-order valence-corrected chi connectivity index (χ2v) is 10.7. The number of para-hydroxylation sites is 1. The second kappa shape index (κ2) is 14.6. The SMILES string of the molecule is O=C(CSc1cccc(NC(=O)/C(=C\c2ccccc2[N+](=O)[O-])NC(=O)c2ccccc2)c1)Nc1cc(C(F)(F)F)ccc1Cl. The molecular weight excluding hydrogens is 633 g/mol. The van der Waals surface area contributed by atoms with Crippen LogP contribution < -0.4 is 16.0 Å². The standard InChI is InChI=1S/C31H22ClF3N4O5S/c32-24-14-13-21(31(33,34)35)16-25(24)37-28(40)18-45-23-11-6-10-22(17-23)36-30(42)26(38-29(41)19-7-2-1-3-8-19)15-20-9-4-5-12-27(20)39(43)44/h1-17H,18H2,(H,36,42)(H,37,40)(H,38,41)/b26-15+. The number of hydrogen-bond acceptors (Lipinski definition) is 6. The fourth-order valence-electron chi connectivity index (χ4n) is 3.87. The maximum Gasteiger partial charge on any atom is 0.416 e. The third kappa shape index (κ3) is 9.17. The van der Waals surface area contributed by atoms with Gasteiger partial charge < -0.3 is 16.0 Å². The number of amides is 3. The number of carbonyl (C=O) groups is 3. The van der Waals surface area contributed by atoms with Crippen molar-refractivity contribution in [2.75, 3.05) is 16.4 Å². The van der Waals surface area contributed by atoms with Gasteiger partial charge in [0.1, 0.15) is 5.70 Å². The molecule has 9 nitrogen and oxygen atoms in total. The number of anilines is 2. The summed E-state index contributed by atoms with van der Waals surface area (Å²) in [6.07, 6.45) is -3.42. The lowest BCUT2D eigenvalue weighted by Crippen LogP contribution is -2.30. The molecule has 45 heavy (non-hydrogen) atoms. The van der Waals surface area contributed by atoms with Crippen molar-refractivity contribution in [3.05, 3.63) is 135 Å². The van der Waals surface area contributed by atoms with E-state index in [2.05, 4.69) is 16.0 Å². The van der Waals surface area contributed by atoms with Crippen LogP contribution >= 0.6 is 23.4 Å². The fourth-order valence-corrected chi connectivity index (χ4v) is 4.79. The van der Waals surface area contributed by atoms with E-state index in [0.717, 1.165) is 30.0 Å². The van der Waals surface area contributed by atoms with Crippen LogP contribution in [-0.4, -0.2) is 28.4 Å². The molecule has 0 radical (unpaired) electrons. The van der Waals surface area contributed by atoms with Crippen LogP contribution in [0, 0.1) is 10.1 Å². The summed E-state index contributed by atoms with van der Waals surface area (Å²) in [6, 6.07) is 22.7. The number of alkyl halides is 3. The van der Waals surface area contributed by atoms with E-state index in [4.69, 9.17) is 11.6 Å². The van der Waals surface area contributed by atoms with Gasteiger partial charge in [-0.2, -0.15) is 13.2 Å². The number of nitrogens with zero attached hydrogens (tertiary/aromatic N) is 1. The van der Waals surface area contributed by atoms with E-state index in [1.54, 1.807) is 42.5 Å². The van der Waals surface area contributed by atoms with E-state index in [-0.39, 0.29) is 44.7 Å². The molecule has 0 heterocycles. The smallest absolute Gasteiger partial charge is 0.324 e. The monoisotopic (exact) mass is 654 g/mol. The first-order valence-electron chi connectivity index (χ1n) is 12.9. The Morgan fingerprint density at radius 2 is 1.60 bits per heavy atom. The van der Waals surface area contributed by atoms with Crippen LogP contribution in [0.5, 0.6) is 0 Å². The first-order valence-corrected chi connectivity index (χ1v) is 14.3.